The van der Waals surface area contributed by atoms with E-state index in [1.54, 1.807) is 0 Å². The van der Waals surface area contributed by atoms with E-state index >= 15 is 0 Å². The number of hydrogen-bond acceptors (Lipinski definition) is 4. The number of para-hydroxylation sites is 4. The number of hydrogen-bond donors (Lipinski definition) is 0. The van der Waals surface area contributed by atoms with Crippen LogP contribution in [0.15, 0.2) is 315 Å². The zero-order valence-corrected chi connectivity index (χ0v) is 43.8. The average Bonchev–Trinajstić information content (AvgIpc) is 3.56. The van der Waals surface area contributed by atoms with Gasteiger partial charge < -0.3 is 19.6 Å². The van der Waals surface area contributed by atoms with Gasteiger partial charge in [0.15, 0.2) is 0 Å². The first-order valence-corrected chi connectivity index (χ1v) is 26.6. The summed E-state index contributed by atoms with van der Waals surface area (Å²) in [6.07, 6.45) is 0. The minimum absolute atomic E-state index is 1.09. The number of anilines is 12. The van der Waals surface area contributed by atoms with Crippen molar-refractivity contribution in [3.63, 3.8) is 0 Å². The number of nitrogens with zero attached hydrogens (tertiary/aromatic N) is 4. The number of aryl methyl sites for hydroxylation is 2. The average molecular weight is 1000 g/mol. The van der Waals surface area contributed by atoms with E-state index in [1.807, 2.05) is 0 Å². The minimum atomic E-state index is 1.09. The maximum atomic E-state index is 2.32. The Hall–Kier alpha value is -10.2. The van der Waals surface area contributed by atoms with Crippen LogP contribution in [0.25, 0.3) is 33.4 Å². The van der Waals surface area contributed by atoms with Gasteiger partial charge >= 0.3 is 0 Å². The monoisotopic (exact) mass is 1000 g/mol. The topological polar surface area (TPSA) is 13.0 Å². The fourth-order valence-electron chi connectivity index (χ4n) is 10.3. The molecule has 0 unspecified atom stereocenters. The van der Waals surface area contributed by atoms with Crippen molar-refractivity contribution in [1.29, 1.82) is 0 Å². The quantitative estimate of drug-likeness (QED) is 0.101. The molecule has 374 valence electrons. The zero-order chi connectivity index (χ0) is 52.6. The van der Waals surface area contributed by atoms with Crippen molar-refractivity contribution in [1.82, 2.24) is 0 Å². The fourth-order valence-corrected chi connectivity index (χ4v) is 10.3. The van der Waals surface area contributed by atoms with E-state index in [0.717, 1.165) is 102 Å². The second-order valence-electron chi connectivity index (χ2n) is 19.6. The van der Waals surface area contributed by atoms with Crippen LogP contribution in [-0.2, 0) is 0 Å². The second kappa shape index (κ2) is 22.4. The van der Waals surface area contributed by atoms with Crippen LogP contribution in [0.2, 0.25) is 0 Å². The summed E-state index contributed by atoms with van der Waals surface area (Å²) in [5, 5.41) is 0. The lowest BCUT2D eigenvalue weighted by atomic mass is 10.0. The van der Waals surface area contributed by atoms with Gasteiger partial charge in [0, 0.05) is 68.2 Å². The summed E-state index contributed by atoms with van der Waals surface area (Å²) in [4.78, 5) is 9.25. The van der Waals surface area contributed by atoms with E-state index in [9.17, 15) is 0 Å². The normalized spacial score (nSPS) is 10.9. The summed E-state index contributed by atoms with van der Waals surface area (Å²) in [5.74, 6) is 0. The molecule has 0 aromatic heterocycles. The molecule has 0 aliphatic rings. The van der Waals surface area contributed by atoms with Crippen LogP contribution < -0.4 is 19.6 Å². The highest BCUT2D eigenvalue weighted by Gasteiger charge is 2.18. The summed E-state index contributed by atoms with van der Waals surface area (Å²) in [6, 6.07) is 113. The van der Waals surface area contributed by atoms with Crippen molar-refractivity contribution in [2.75, 3.05) is 19.6 Å². The van der Waals surface area contributed by atoms with Gasteiger partial charge in [-0.25, -0.2) is 0 Å². The smallest absolute Gasteiger partial charge is 0.0462 e. The Morgan fingerprint density at radius 3 is 0.423 bits per heavy atom. The maximum Gasteiger partial charge on any atom is 0.0462 e. The van der Waals surface area contributed by atoms with Crippen molar-refractivity contribution in [3.8, 4) is 33.4 Å². The molecule has 0 aliphatic carbocycles. The minimum Gasteiger partial charge on any atom is -0.311 e. The molecule has 12 rings (SSSR count). The molecule has 12 aromatic carbocycles. The van der Waals surface area contributed by atoms with E-state index in [1.165, 1.54) is 11.1 Å². The Kier molecular flexibility index (Phi) is 14.0. The molecule has 0 radical (unpaired) electrons. The zero-order valence-electron chi connectivity index (χ0n) is 43.8. The van der Waals surface area contributed by atoms with E-state index in [2.05, 4.69) is 349 Å². The maximum absolute atomic E-state index is 2.32. The Balaban J connectivity index is 0.771. The van der Waals surface area contributed by atoms with E-state index in [4.69, 9.17) is 0 Å². The predicted octanol–water partition coefficient (Wildman–Crippen LogP) is 21.2. The van der Waals surface area contributed by atoms with Gasteiger partial charge in [0.1, 0.15) is 0 Å². The molecule has 4 nitrogen and oxygen atoms in total. The molecule has 0 atom stereocenters. The van der Waals surface area contributed by atoms with Crippen LogP contribution in [0.3, 0.4) is 0 Å². The SMILES string of the molecule is Cc1ccc(N(c2ccccc2)c2ccc(-c3ccc(N(c4ccccc4)c4ccc(-c5ccc(N(c6ccccc6)c6ccc(-c7ccc(N(c8ccccc8)c8ccc(C)cc8)cc7)cc6)cc5)cc4)cc3)cc2)cc1. The van der Waals surface area contributed by atoms with Crippen molar-refractivity contribution < 1.29 is 0 Å². The molecule has 0 amide bonds. The van der Waals surface area contributed by atoms with Crippen LogP contribution >= 0.6 is 0 Å². The first kappa shape index (κ1) is 48.8. The van der Waals surface area contributed by atoms with Crippen LogP contribution in [0.4, 0.5) is 68.2 Å². The van der Waals surface area contributed by atoms with Gasteiger partial charge in [-0.1, -0.05) is 181 Å². The van der Waals surface area contributed by atoms with Gasteiger partial charge in [-0.3, -0.25) is 0 Å². The van der Waals surface area contributed by atoms with Crippen molar-refractivity contribution in [2.45, 2.75) is 13.8 Å². The lowest BCUT2D eigenvalue weighted by Gasteiger charge is -2.27. The van der Waals surface area contributed by atoms with Crippen LogP contribution in [0.1, 0.15) is 11.1 Å². The largest absolute Gasteiger partial charge is 0.311 e. The van der Waals surface area contributed by atoms with Gasteiger partial charge in [-0.05, 0) is 193 Å². The molecule has 0 heterocycles. The molecule has 0 saturated carbocycles. The summed E-state index contributed by atoms with van der Waals surface area (Å²) >= 11 is 0. The molecule has 0 bridgehead atoms. The van der Waals surface area contributed by atoms with Crippen molar-refractivity contribution in [3.05, 3.63) is 327 Å². The van der Waals surface area contributed by atoms with E-state index in [0.29, 0.717) is 0 Å². The molecule has 78 heavy (non-hydrogen) atoms. The first-order valence-electron chi connectivity index (χ1n) is 26.6. The summed E-state index contributed by atoms with van der Waals surface area (Å²) in [6.45, 7) is 4.25. The Morgan fingerprint density at radius 2 is 0.269 bits per heavy atom. The lowest BCUT2D eigenvalue weighted by molar-refractivity contribution is 1.27. The number of benzene rings is 12. The summed E-state index contributed by atoms with van der Waals surface area (Å²) < 4.78 is 0. The Morgan fingerprint density at radius 1 is 0.141 bits per heavy atom. The summed E-state index contributed by atoms with van der Waals surface area (Å²) in [7, 11) is 0. The predicted molar refractivity (Wildman–Crippen MR) is 331 cm³/mol. The molecule has 0 N–H and O–H groups in total. The van der Waals surface area contributed by atoms with Gasteiger partial charge in [0.2, 0.25) is 0 Å². The molecule has 4 heteroatoms. The first-order chi connectivity index (χ1) is 38.5. The molecule has 12 aromatic rings. The van der Waals surface area contributed by atoms with Gasteiger partial charge in [-0.2, -0.15) is 0 Å². The third-order valence-electron chi connectivity index (χ3n) is 14.4. The molecular weight excluding hydrogens is 945 g/mol. The molecular formula is C74H58N4. The Labute approximate surface area is 459 Å². The van der Waals surface area contributed by atoms with Gasteiger partial charge in [0.25, 0.3) is 0 Å². The second-order valence-corrected chi connectivity index (χ2v) is 19.6. The molecule has 0 spiro atoms. The van der Waals surface area contributed by atoms with E-state index in [-0.39, 0.29) is 0 Å². The Bertz CT molecular complexity index is 3570. The molecule has 0 saturated heterocycles. The van der Waals surface area contributed by atoms with Gasteiger partial charge in [-0.15, -0.1) is 0 Å². The van der Waals surface area contributed by atoms with Crippen LogP contribution in [0.5, 0.6) is 0 Å². The molecule has 0 fully saturated rings. The van der Waals surface area contributed by atoms with Crippen molar-refractivity contribution in [2.24, 2.45) is 0 Å². The van der Waals surface area contributed by atoms with Crippen LogP contribution in [-0.4, -0.2) is 0 Å². The third-order valence-corrected chi connectivity index (χ3v) is 14.4. The fraction of sp³-hybridized carbons (Fsp3) is 0.0270. The summed E-state index contributed by atoms with van der Waals surface area (Å²) in [5.41, 5.74) is 22.7. The molecule has 0 aliphatic heterocycles. The lowest BCUT2D eigenvalue weighted by Crippen LogP contribution is -2.10. The third kappa shape index (κ3) is 10.6. The van der Waals surface area contributed by atoms with Crippen LogP contribution in [0, 0.1) is 13.8 Å². The highest BCUT2D eigenvalue weighted by molar-refractivity contribution is 5.84. The van der Waals surface area contributed by atoms with E-state index < -0.39 is 0 Å². The van der Waals surface area contributed by atoms with Crippen molar-refractivity contribution >= 4 is 68.2 Å². The van der Waals surface area contributed by atoms with Gasteiger partial charge in [0.05, 0.1) is 0 Å². The number of rotatable bonds is 15. The highest BCUT2D eigenvalue weighted by Crippen LogP contribution is 2.42. The standard InChI is InChI=1S/C74H58N4/c1-55-23-39-67(40-24-55)75(63-15-7-3-8-16-63)69-43-27-57(28-44-69)59-31-47-71(48-32-59)77(65-19-11-5-12-20-65)73-51-35-61(36-52-73)62-37-53-74(54-38-62)78(66-21-13-6-14-22-66)72-49-33-60(34-50-72)58-29-45-70(46-30-58)76(64-17-9-4-10-18-64)68-41-25-56(2)26-42-68/h3-54H,1-2H3. The highest BCUT2D eigenvalue weighted by atomic mass is 15.2.